The molecule has 1 aliphatic carbocycles. The summed E-state index contributed by atoms with van der Waals surface area (Å²) in [5.74, 6) is 0.126. The molecule has 0 bridgehead atoms. The van der Waals surface area contributed by atoms with E-state index in [9.17, 15) is 9.59 Å². The highest BCUT2D eigenvalue weighted by molar-refractivity contribution is 7.98. The second-order valence-corrected chi connectivity index (χ2v) is 12.2. The molecule has 174 valence electrons. The molecule has 1 aromatic carbocycles. The fraction of sp³-hybridized carbons (Fsp3) is 0.385. The van der Waals surface area contributed by atoms with E-state index < -0.39 is 11.9 Å². The second-order valence-electron chi connectivity index (χ2n) is 9.39. The summed E-state index contributed by atoms with van der Waals surface area (Å²) in [6.07, 6.45) is 1.25. The van der Waals surface area contributed by atoms with Crippen LogP contribution >= 0.6 is 34.7 Å². The summed E-state index contributed by atoms with van der Waals surface area (Å²) in [5.41, 5.74) is 4.05. The van der Waals surface area contributed by atoms with Crippen LogP contribution in [0.25, 0.3) is 0 Å². The molecule has 2 aromatic rings. The number of hydrogen-bond donors (Lipinski definition) is 1. The number of dihydropyridines is 1. The highest BCUT2D eigenvalue weighted by Crippen LogP contribution is 2.48. The zero-order valence-electron chi connectivity index (χ0n) is 19.5. The lowest BCUT2D eigenvalue weighted by Crippen LogP contribution is -2.38. The number of thiophene rings is 1. The van der Waals surface area contributed by atoms with Gasteiger partial charge in [0.15, 0.2) is 5.78 Å². The first-order valence-corrected chi connectivity index (χ1v) is 13.1. The molecule has 1 aromatic heterocycles. The standard InChI is InChI=1S/C26H28ClNO3S2/c1-14-22(25(30)31-5)24(23-19(28-14)11-26(3,4)12-20(23)29)21-10-16(15(2)33-21)13-32-18-8-6-17(27)7-9-18/h6-10,24,28H,11-13H2,1-5H3/t24-/m1/s1. The van der Waals surface area contributed by atoms with Crippen molar-refractivity contribution in [2.45, 2.75) is 57.1 Å². The summed E-state index contributed by atoms with van der Waals surface area (Å²) < 4.78 is 5.14. The number of thioether (sulfide) groups is 1. The summed E-state index contributed by atoms with van der Waals surface area (Å²) in [4.78, 5) is 29.5. The van der Waals surface area contributed by atoms with Crippen LogP contribution in [0.15, 0.2) is 57.8 Å². The number of ketones is 1. The van der Waals surface area contributed by atoms with Crippen molar-refractivity contribution in [1.82, 2.24) is 5.32 Å². The number of Topliss-reactive ketones (excluding diaryl/α,β-unsaturated/α-hetero) is 1. The molecule has 2 aliphatic rings. The van der Waals surface area contributed by atoms with Gasteiger partial charge >= 0.3 is 5.97 Å². The number of carbonyl (C=O) groups is 2. The normalized spacial score (nSPS) is 19.9. The topological polar surface area (TPSA) is 55.4 Å². The van der Waals surface area contributed by atoms with Crippen LogP contribution < -0.4 is 5.32 Å². The molecular formula is C26H28ClNO3S2. The van der Waals surface area contributed by atoms with Gasteiger partial charge in [0.2, 0.25) is 0 Å². The number of rotatable bonds is 5. The van der Waals surface area contributed by atoms with Crippen LogP contribution in [-0.4, -0.2) is 18.9 Å². The Labute approximate surface area is 208 Å². The number of halogens is 1. The first kappa shape index (κ1) is 24.1. The van der Waals surface area contributed by atoms with Crippen molar-refractivity contribution in [2.75, 3.05) is 7.11 Å². The van der Waals surface area contributed by atoms with Gasteiger partial charge in [0.1, 0.15) is 0 Å². The minimum Gasteiger partial charge on any atom is -0.466 e. The van der Waals surface area contributed by atoms with Gasteiger partial charge in [-0.25, -0.2) is 4.79 Å². The molecule has 0 unspecified atom stereocenters. The Bertz CT molecular complexity index is 1170. The molecule has 33 heavy (non-hydrogen) atoms. The maximum atomic E-state index is 13.3. The lowest BCUT2D eigenvalue weighted by atomic mass is 9.70. The van der Waals surface area contributed by atoms with E-state index in [0.717, 1.165) is 43.9 Å². The van der Waals surface area contributed by atoms with Crippen molar-refractivity contribution in [2.24, 2.45) is 5.41 Å². The van der Waals surface area contributed by atoms with Gasteiger partial charge < -0.3 is 10.1 Å². The Morgan fingerprint density at radius 3 is 2.61 bits per heavy atom. The molecule has 1 atom stereocenters. The third-order valence-electron chi connectivity index (χ3n) is 6.18. The van der Waals surface area contributed by atoms with E-state index >= 15 is 0 Å². The van der Waals surface area contributed by atoms with Crippen molar-refractivity contribution >= 4 is 46.5 Å². The average molecular weight is 502 g/mol. The van der Waals surface area contributed by atoms with E-state index in [4.69, 9.17) is 16.3 Å². The molecule has 0 radical (unpaired) electrons. The third kappa shape index (κ3) is 4.93. The number of benzene rings is 1. The van der Waals surface area contributed by atoms with Gasteiger partial charge in [-0.3, -0.25) is 4.79 Å². The van der Waals surface area contributed by atoms with Crippen LogP contribution in [0.5, 0.6) is 0 Å². The minimum absolute atomic E-state index is 0.107. The molecule has 7 heteroatoms. The van der Waals surface area contributed by atoms with Gasteiger partial charge in [-0.15, -0.1) is 23.1 Å². The summed E-state index contributed by atoms with van der Waals surface area (Å²) >= 11 is 9.41. The molecule has 0 amide bonds. The highest BCUT2D eigenvalue weighted by Gasteiger charge is 2.43. The average Bonchev–Trinajstić information content (AvgIpc) is 3.11. The predicted molar refractivity (Wildman–Crippen MR) is 136 cm³/mol. The Kier molecular flexibility index (Phi) is 6.81. The van der Waals surface area contributed by atoms with E-state index in [1.807, 2.05) is 31.2 Å². The van der Waals surface area contributed by atoms with Gasteiger partial charge in [0.05, 0.1) is 18.6 Å². The van der Waals surface area contributed by atoms with Crippen molar-refractivity contribution in [3.05, 3.63) is 73.2 Å². The van der Waals surface area contributed by atoms with Crippen LogP contribution in [0, 0.1) is 12.3 Å². The van der Waals surface area contributed by atoms with E-state index in [2.05, 4.69) is 32.2 Å². The molecule has 2 heterocycles. The van der Waals surface area contributed by atoms with Crippen LogP contribution in [0.1, 0.15) is 54.8 Å². The van der Waals surface area contributed by atoms with E-state index in [1.165, 1.54) is 17.6 Å². The molecule has 0 saturated carbocycles. The molecule has 0 fully saturated rings. The van der Waals surface area contributed by atoms with E-state index in [0.29, 0.717) is 12.0 Å². The Morgan fingerprint density at radius 2 is 1.94 bits per heavy atom. The number of aryl methyl sites for hydroxylation is 1. The van der Waals surface area contributed by atoms with E-state index in [1.54, 1.807) is 23.1 Å². The van der Waals surface area contributed by atoms with Gasteiger partial charge in [-0.1, -0.05) is 25.4 Å². The largest absolute Gasteiger partial charge is 0.466 e. The third-order valence-corrected chi connectivity index (χ3v) is 8.65. The van der Waals surface area contributed by atoms with Gasteiger partial charge in [0.25, 0.3) is 0 Å². The SMILES string of the molecule is COC(=O)C1=C(C)NC2=C(C(=O)CC(C)(C)C2)[C@@H]1c1cc(CSc2ccc(Cl)cc2)c(C)s1. The van der Waals surface area contributed by atoms with Gasteiger partial charge in [-0.05, 0) is 61.6 Å². The summed E-state index contributed by atoms with van der Waals surface area (Å²) in [7, 11) is 1.39. The molecule has 4 rings (SSSR count). The lowest BCUT2D eigenvalue weighted by molar-refractivity contribution is -0.136. The first-order valence-electron chi connectivity index (χ1n) is 10.9. The van der Waals surface area contributed by atoms with E-state index in [-0.39, 0.29) is 11.2 Å². The van der Waals surface area contributed by atoms with Crippen molar-refractivity contribution in [3.63, 3.8) is 0 Å². The Morgan fingerprint density at radius 1 is 1.24 bits per heavy atom. The Balaban J connectivity index is 1.72. The fourth-order valence-corrected chi connectivity index (χ4v) is 6.96. The van der Waals surface area contributed by atoms with Crippen LogP contribution in [0.4, 0.5) is 0 Å². The number of nitrogens with one attached hydrogen (secondary N) is 1. The number of carbonyl (C=O) groups excluding carboxylic acids is 2. The van der Waals surface area contributed by atoms with Crippen molar-refractivity contribution < 1.29 is 14.3 Å². The number of hydrogen-bond acceptors (Lipinski definition) is 6. The minimum atomic E-state index is -0.393. The number of methoxy groups -OCH3 is 1. The fourth-order valence-electron chi connectivity index (χ4n) is 4.62. The Hall–Kier alpha value is -2.02. The van der Waals surface area contributed by atoms with Crippen molar-refractivity contribution in [1.29, 1.82) is 0 Å². The lowest BCUT2D eigenvalue weighted by Gasteiger charge is -2.39. The molecule has 1 N–H and O–H groups in total. The summed E-state index contributed by atoms with van der Waals surface area (Å²) in [5, 5.41) is 4.09. The number of ether oxygens (including phenoxy) is 1. The molecular weight excluding hydrogens is 474 g/mol. The monoisotopic (exact) mass is 501 g/mol. The zero-order chi connectivity index (χ0) is 23.9. The molecule has 4 nitrogen and oxygen atoms in total. The first-order chi connectivity index (χ1) is 15.6. The van der Waals surface area contributed by atoms with Gasteiger partial charge in [-0.2, -0.15) is 0 Å². The van der Waals surface area contributed by atoms with Gasteiger partial charge in [0, 0.05) is 48.8 Å². The maximum Gasteiger partial charge on any atom is 0.336 e. The molecule has 0 spiro atoms. The number of esters is 1. The van der Waals surface area contributed by atoms with Crippen molar-refractivity contribution in [3.8, 4) is 0 Å². The summed E-state index contributed by atoms with van der Waals surface area (Å²) in [6, 6.07) is 9.98. The number of allylic oxidation sites excluding steroid dienone is 3. The van der Waals surface area contributed by atoms with Crippen LogP contribution in [-0.2, 0) is 20.1 Å². The summed E-state index contributed by atoms with van der Waals surface area (Å²) in [6.45, 7) is 8.22. The second kappa shape index (κ2) is 9.32. The molecule has 0 saturated heterocycles. The van der Waals surface area contributed by atoms with Crippen LogP contribution in [0.3, 0.4) is 0 Å². The smallest absolute Gasteiger partial charge is 0.336 e. The highest BCUT2D eigenvalue weighted by atomic mass is 35.5. The predicted octanol–water partition coefficient (Wildman–Crippen LogP) is 6.78. The molecule has 1 aliphatic heterocycles. The van der Waals surface area contributed by atoms with Crippen LogP contribution in [0.2, 0.25) is 5.02 Å². The maximum absolute atomic E-state index is 13.3. The zero-order valence-corrected chi connectivity index (χ0v) is 21.9. The quantitative estimate of drug-likeness (QED) is 0.361.